The van der Waals surface area contributed by atoms with E-state index in [1.807, 2.05) is 91.9 Å². The van der Waals surface area contributed by atoms with Crippen LogP contribution in [0, 0.1) is 0 Å². The van der Waals surface area contributed by atoms with E-state index < -0.39 is 20.2 Å². The van der Waals surface area contributed by atoms with Crippen molar-refractivity contribution in [1.82, 2.24) is 0 Å². The quantitative estimate of drug-likeness (QED) is 0.189. The molecule has 0 bridgehead atoms. The summed E-state index contributed by atoms with van der Waals surface area (Å²) in [5, 5.41) is 2.37. The van der Waals surface area contributed by atoms with Crippen LogP contribution in [0.1, 0.15) is 29.2 Å². The first kappa shape index (κ1) is 32.2. The summed E-state index contributed by atoms with van der Waals surface area (Å²) in [6, 6.07) is 35.8. The highest BCUT2D eigenvalue weighted by Crippen LogP contribution is 2.29. The molecule has 0 aromatic heterocycles. The standard InChI is InChI=1S/C35H30ClNO6S2/c1-2-37(24-27-8-6-10-32(23-27)45(41,42)43)30-19-17-29(18-20-30)35(33-11-3-4-12-34(33)36)28-15-13-25(14-16-28)21-26-7-5-9-31(22-26)44(38,39)40/h3-23H,2,24H2,1H3,(H,38,39,40)(H,41,42,43). The van der Waals surface area contributed by atoms with Crippen LogP contribution in [0.15, 0.2) is 131 Å². The molecule has 5 aromatic carbocycles. The third-order valence-corrected chi connectivity index (χ3v) is 9.33. The molecule has 0 atom stereocenters. The summed E-state index contributed by atoms with van der Waals surface area (Å²) in [5.41, 5.74) is 5.05. The molecule has 45 heavy (non-hydrogen) atoms. The zero-order valence-corrected chi connectivity index (χ0v) is 26.6. The summed E-state index contributed by atoms with van der Waals surface area (Å²) in [6.45, 7) is 3.13. The van der Waals surface area contributed by atoms with Crippen molar-refractivity contribution in [3.8, 4) is 0 Å². The third kappa shape index (κ3) is 7.89. The van der Waals surface area contributed by atoms with Crippen LogP contribution in [-0.2, 0) is 26.8 Å². The Labute approximate surface area is 267 Å². The molecule has 0 heterocycles. The Balaban J connectivity index is 1.52. The summed E-state index contributed by atoms with van der Waals surface area (Å²) >= 11 is 6.68. The van der Waals surface area contributed by atoms with Gasteiger partial charge in [0.05, 0.1) is 9.79 Å². The van der Waals surface area contributed by atoms with E-state index in [2.05, 4.69) is 4.90 Å². The largest absolute Gasteiger partial charge is 0.367 e. The summed E-state index contributed by atoms with van der Waals surface area (Å²) in [7, 11) is -8.60. The van der Waals surface area contributed by atoms with Gasteiger partial charge in [-0.05, 0) is 88.2 Å². The second kappa shape index (κ2) is 13.4. The Morgan fingerprint density at radius 3 is 1.98 bits per heavy atom. The van der Waals surface area contributed by atoms with Crippen LogP contribution >= 0.6 is 11.6 Å². The molecular formula is C35H30ClNO6S2. The molecule has 10 heteroatoms. The van der Waals surface area contributed by atoms with Crippen LogP contribution < -0.4 is 15.3 Å². The molecular weight excluding hydrogens is 630 g/mol. The minimum atomic E-state index is -4.30. The second-order valence-corrected chi connectivity index (χ2v) is 13.6. The maximum Gasteiger partial charge on any atom is 0.294 e. The van der Waals surface area contributed by atoms with E-state index in [1.165, 1.54) is 24.3 Å². The van der Waals surface area contributed by atoms with Gasteiger partial charge in [0.15, 0.2) is 0 Å². The van der Waals surface area contributed by atoms with Gasteiger partial charge in [-0.15, -0.1) is 0 Å². The van der Waals surface area contributed by atoms with Crippen molar-refractivity contribution < 1.29 is 25.9 Å². The van der Waals surface area contributed by atoms with E-state index in [1.54, 1.807) is 18.2 Å². The van der Waals surface area contributed by atoms with Gasteiger partial charge in [-0.3, -0.25) is 9.11 Å². The highest BCUT2D eigenvalue weighted by molar-refractivity contribution is 7.86. The van der Waals surface area contributed by atoms with Gasteiger partial charge < -0.3 is 4.90 Å². The molecule has 0 aliphatic carbocycles. The van der Waals surface area contributed by atoms with Crippen molar-refractivity contribution in [2.24, 2.45) is 0 Å². The van der Waals surface area contributed by atoms with E-state index in [4.69, 9.17) is 11.6 Å². The first-order valence-electron chi connectivity index (χ1n) is 14.0. The Bertz CT molecular complexity index is 2180. The topological polar surface area (TPSA) is 112 Å². The summed E-state index contributed by atoms with van der Waals surface area (Å²) in [6.07, 6.45) is 1.83. The monoisotopic (exact) mass is 659 g/mol. The van der Waals surface area contributed by atoms with Crippen molar-refractivity contribution in [1.29, 1.82) is 0 Å². The molecule has 0 aliphatic heterocycles. The SMILES string of the molecule is CCN(Cc1cccc(S(=O)(=O)O)c1)c1ccc(C(c2ccccc2Cl)=c2ccc(=Cc3cccc(S(=O)(=O)O)c3)cc2)cc1. The number of nitrogens with zero attached hydrogens (tertiary/aromatic N) is 1. The predicted molar refractivity (Wildman–Crippen MR) is 178 cm³/mol. The lowest BCUT2D eigenvalue weighted by atomic mass is 9.95. The molecule has 0 amide bonds. The van der Waals surface area contributed by atoms with Crippen LogP contribution in [0.25, 0.3) is 11.6 Å². The molecule has 5 aromatic rings. The smallest absolute Gasteiger partial charge is 0.294 e. The van der Waals surface area contributed by atoms with Crippen molar-refractivity contribution >= 4 is 49.2 Å². The molecule has 5 rings (SSSR count). The average Bonchev–Trinajstić information content (AvgIpc) is 3.02. The first-order valence-corrected chi connectivity index (χ1v) is 17.2. The molecule has 0 spiro atoms. The van der Waals surface area contributed by atoms with E-state index in [-0.39, 0.29) is 9.79 Å². The Kier molecular flexibility index (Phi) is 9.57. The zero-order valence-electron chi connectivity index (χ0n) is 24.2. The van der Waals surface area contributed by atoms with Gasteiger partial charge >= 0.3 is 0 Å². The lowest BCUT2D eigenvalue weighted by Gasteiger charge is -2.24. The molecule has 0 saturated carbocycles. The minimum absolute atomic E-state index is 0.138. The van der Waals surface area contributed by atoms with Gasteiger partial charge in [0.25, 0.3) is 20.2 Å². The summed E-state index contributed by atoms with van der Waals surface area (Å²) < 4.78 is 65.2. The molecule has 0 fully saturated rings. The van der Waals surface area contributed by atoms with Gasteiger partial charge in [-0.25, -0.2) is 0 Å². The van der Waals surface area contributed by atoms with Crippen molar-refractivity contribution in [2.75, 3.05) is 11.4 Å². The van der Waals surface area contributed by atoms with Gasteiger partial charge in [-0.1, -0.05) is 90.5 Å². The van der Waals surface area contributed by atoms with Crippen LogP contribution in [0.2, 0.25) is 5.02 Å². The van der Waals surface area contributed by atoms with Crippen molar-refractivity contribution in [3.05, 3.63) is 159 Å². The first-order chi connectivity index (χ1) is 21.4. The fourth-order valence-electron chi connectivity index (χ4n) is 5.09. The van der Waals surface area contributed by atoms with E-state index in [0.717, 1.165) is 38.4 Å². The van der Waals surface area contributed by atoms with Gasteiger partial charge in [0.2, 0.25) is 0 Å². The Hall–Kier alpha value is -4.25. The normalized spacial score (nSPS) is 11.6. The van der Waals surface area contributed by atoms with E-state index >= 15 is 0 Å². The number of anilines is 1. The lowest BCUT2D eigenvalue weighted by Crippen LogP contribution is -2.22. The van der Waals surface area contributed by atoms with Gasteiger partial charge in [-0.2, -0.15) is 16.8 Å². The highest BCUT2D eigenvalue weighted by atomic mass is 35.5. The third-order valence-electron chi connectivity index (χ3n) is 7.30. The number of rotatable bonds is 9. The Morgan fingerprint density at radius 1 is 0.733 bits per heavy atom. The number of halogens is 1. The van der Waals surface area contributed by atoms with E-state index in [9.17, 15) is 25.9 Å². The van der Waals surface area contributed by atoms with Crippen molar-refractivity contribution in [2.45, 2.75) is 23.3 Å². The number of hydrogen-bond acceptors (Lipinski definition) is 5. The fraction of sp³-hybridized carbons (Fsp3) is 0.0857. The highest BCUT2D eigenvalue weighted by Gasteiger charge is 2.14. The fourth-order valence-corrected chi connectivity index (χ4v) is 6.41. The minimum Gasteiger partial charge on any atom is -0.367 e. The maximum absolute atomic E-state index is 11.6. The summed E-state index contributed by atoms with van der Waals surface area (Å²) in [5.74, 6) is 0. The van der Waals surface area contributed by atoms with Gasteiger partial charge in [0, 0.05) is 29.4 Å². The summed E-state index contributed by atoms with van der Waals surface area (Å²) in [4.78, 5) is 1.79. The predicted octanol–water partition coefficient (Wildman–Crippen LogP) is 5.94. The Morgan fingerprint density at radius 2 is 1.36 bits per heavy atom. The molecule has 7 nitrogen and oxygen atoms in total. The molecule has 0 unspecified atom stereocenters. The van der Waals surface area contributed by atoms with Crippen LogP contribution in [-0.4, -0.2) is 32.5 Å². The lowest BCUT2D eigenvalue weighted by molar-refractivity contribution is 0.481. The molecule has 230 valence electrons. The second-order valence-electron chi connectivity index (χ2n) is 10.4. The molecule has 2 N–H and O–H groups in total. The van der Waals surface area contributed by atoms with Crippen molar-refractivity contribution in [3.63, 3.8) is 0 Å². The number of hydrogen-bond donors (Lipinski definition) is 2. The van der Waals surface area contributed by atoms with Gasteiger partial charge in [0.1, 0.15) is 0 Å². The van der Waals surface area contributed by atoms with Crippen LogP contribution in [0.3, 0.4) is 0 Å². The zero-order chi connectivity index (χ0) is 32.2. The molecule has 0 radical (unpaired) electrons. The maximum atomic E-state index is 11.6. The average molecular weight is 660 g/mol. The number of benzene rings is 5. The van der Waals surface area contributed by atoms with E-state index in [0.29, 0.717) is 23.7 Å². The van der Waals surface area contributed by atoms with Crippen LogP contribution in [0.4, 0.5) is 5.69 Å². The van der Waals surface area contributed by atoms with Crippen LogP contribution in [0.5, 0.6) is 0 Å². The molecule has 0 aliphatic rings. The molecule has 0 saturated heterocycles.